The normalized spacial score (nSPS) is 14.0. The molecule has 3 rings (SSSR count). The van der Waals surface area contributed by atoms with Gasteiger partial charge in [-0.25, -0.2) is 4.79 Å². The molecule has 3 amide bonds. The van der Waals surface area contributed by atoms with Gasteiger partial charge in [-0.05, 0) is 19.4 Å². The van der Waals surface area contributed by atoms with E-state index in [1.54, 1.807) is 36.9 Å². The van der Waals surface area contributed by atoms with E-state index in [0.29, 0.717) is 25.3 Å². The lowest BCUT2D eigenvalue weighted by molar-refractivity contribution is 0.0913. The predicted molar refractivity (Wildman–Crippen MR) is 88.7 cm³/mol. The molecule has 0 aliphatic carbocycles. The molecule has 0 radical (unpaired) electrons. The molecular formula is C16H22N6O3. The molecule has 25 heavy (non-hydrogen) atoms. The third-order valence-corrected chi connectivity index (χ3v) is 4.00. The minimum Gasteiger partial charge on any atom is -0.351 e. The number of nitrogens with one attached hydrogen (secondary N) is 1. The number of amides is 3. The van der Waals surface area contributed by atoms with Crippen molar-refractivity contribution in [1.82, 2.24) is 30.1 Å². The summed E-state index contributed by atoms with van der Waals surface area (Å²) < 4.78 is 6.84. The van der Waals surface area contributed by atoms with Crippen LogP contribution in [0.2, 0.25) is 0 Å². The number of hydrogen-bond donors (Lipinski definition) is 1. The number of aryl methyl sites for hydroxylation is 2. The van der Waals surface area contributed by atoms with Crippen molar-refractivity contribution in [1.29, 1.82) is 0 Å². The fourth-order valence-corrected chi connectivity index (χ4v) is 2.78. The number of urea groups is 1. The Kier molecular flexibility index (Phi) is 4.73. The highest BCUT2D eigenvalue weighted by atomic mass is 16.5. The number of hydrogen-bond acceptors (Lipinski definition) is 5. The van der Waals surface area contributed by atoms with Gasteiger partial charge in [0.2, 0.25) is 5.76 Å². The van der Waals surface area contributed by atoms with Crippen LogP contribution in [-0.2, 0) is 19.6 Å². The van der Waals surface area contributed by atoms with Crippen LogP contribution in [0.4, 0.5) is 4.79 Å². The molecule has 3 heterocycles. The van der Waals surface area contributed by atoms with Crippen LogP contribution < -0.4 is 5.32 Å². The van der Waals surface area contributed by atoms with Gasteiger partial charge >= 0.3 is 6.03 Å². The molecule has 134 valence electrons. The van der Waals surface area contributed by atoms with E-state index in [-0.39, 0.29) is 17.7 Å². The van der Waals surface area contributed by atoms with E-state index in [9.17, 15) is 9.59 Å². The van der Waals surface area contributed by atoms with Gasteiger partial charge in [0.05, 0.1) is 30.2 Å². The molecule has 0 spiro atoms. The third-order valence-electron chi connectivity index (χ3n) is 4.00. The Bertz CT molecular complexity index is 779. The molecular weight excluding hydrogens is 324 g/mol. The lowest BCUT2D eigenvalue weighted by Crippen LogP contribution is -2.38. The fourth-order valence-electron chi connectivity index (χ4n) is 2.78. The zero-order valence-corrected chi connectivity index (χ0v) is 14.7. The first kappa shape index (κ1) is 17.0. The van der Waals surface area contributed by atoms with Crippen molar-refractivity contribution >= 4 is 11.9 Å². The monoisotopic (exact) mass is 346 g/mol. The summed E-state index contributed by atoms with van der Waals surface area (Å²) in [6.45, 7) is 4.02. The minimum absolute atomic E-state index is 0.00908. The van der Waals surface area contributed by atoms with E-state index < -0.39 is 0 Å². The smallest absolute Gasteiger partial charge is 0.319 e. The van der Waals surface area contributed by atoms with Crippen LogP contribution in [0.25, 0.3) is 0 Å². The second-order valence-electron chi connectivity index (χ2n) is 6.32. The SMILES string of the molecule is Cc1cc(C(=O)NCc2cc3n(n2)CCCN(C(=O)N(C)C)C3)on1. The van der Waals surface area contributed by atoms with Gasteiger partial charge in [0.25, 0.3) is 5.91 Å². The fraction of sp³-hybridized carbons (Fsp3) is 0.500. The first-order valence-electron chi connectivity index (χ1n) is 8.17. The van der Waals surface area contributed by atoms with Gasteiger partial charge in [0, 0.05) is 33.3 Å². The molecule has 0 atom stereocenters. The number of carbonyl (C=O) groups excluding carboxylic acids is 2. The lowest BCUT2D eigenvalue weighted by atomic mass is 10.3. The van der Waals surface area contributed by atoms with Gasteiger partial charge < -0.3 is 19.6 Å². The zero-order chi connectivity index (χ0) is 18.0. The lowest BCUT2D eigenvalue weighted by Gasteiger charge is -2.23. The average Bonchev–Trinajstić information content (AvgIpc) is 3.12. The van der Waals surface area contributed by atoms with E-state index in [0.717, 1.165) is 24.4 Å². The largest absolute Gasteiger partial charge is 0.351 e. The first-order chi connectivity index (χ1) is 11.9. The number of aromatic nitrogens is 3. The van der Waals surface area contributed by atoms with Crippen molar-refractivity contribution in [3.8, 4) is 0 Å². The van der Waals surface area contributed by atoms with Gasteiger partial charge in [-0.15, -0.1) is 0 Å². The molecule has 0 saturated carbocycles. The van der Waals surface area contributed by atoms with Crippen LogP contribution in [0.5, 0.6) is 0 Å². The summed E-state index contributed by atoms with van der Waals surface area (Å²) in [7, 11) is 3.49. The predicted octanol–water partition coefficient (Wildman–Crippen LogP) is 0.997. The Labute approximate surface area is 145 Å². The Morgan fingerprint density at radius 1 is 1.32 bits per heavy atom. The molecule has 1 N–H and O–H groups in total. The summed E-state index contributed by atoms with van der Waals surface area (Å²) in [4.78, 5) is 27.6. The first-order valence-corrected chi connectivity index (χ1v) is 8.17. The molecule has 2 aromatic heterocycles. The molecule has 0 unspecified atom stereocenters. The van der Waals surface area contributed by atoms with E-state index in [4.69, 9.17) is 4.52 Å². The maximum atomic E-state index is 12.2. The summed E-state index contributed by atoms with van der Waals surface area (Å²) in [5.74, 6) is -0.144. The van der Waals surface area contributed by atoms with Crippen LogP contribution in [0, 0.1) is 6.92 Å². The zero-order valence-electron chi connectivity index (χ0n) is 14.7. The van der Waals surface area contributed by atoms with Gasteiger partial charge in [0.1, 0.15) is 0 Å². The Morgan fingerprint density at radius 3 is 2.80 bits per heavy atom. The maximum Gasteiger partial charge on any atom is 0.319 e. The van der Waals surface area contributed by atoms with Crippen LogP contribution in [0.1, 0.15) is 34.1 Å². The van der Waals surface area contributed by atoms with Crippen LogP contribution in [0.3, 0.4) is 0 Å². The van der Waals surface area contributed by atoms with E-state index in [1.807, 2.05) is 10.7 Å². The van der Waals surface area contributed by atoms with Crippen LogP contribution in [0.15, 0.2) is 16.7 Å². The third kappa shape index (κ3) is 3.81. The average molecular weight is 346 g/mol. The number of nitrogens with zero attached hydrogens (tertiary/aromatic N) is 5. The van der Waals surface area contributed by atoms with Crippen molar-refractivity contribution < 1.29 is 14.1 Å². The van der Waals surface area contributed by atoms with Gasteiger partial charge in [-0.1, -0.05) is 5.16 Å². The van der Waals surface area contributed by atoms with Crippen LogP contribution in [-0.4, -0.2) is 57.3 Å². The quantitative estimate of drug-likeness (QED) is 0.894. The summed E-state index contributed by atoms with van der Waals surface area (Å²) in [6.07, 6.45) is 0.845. The van der Waals surface area contributed by atoms with Gasteiger partial charge in [0.15, 0.2) is 0 Å². The number of carbonyl (C=O) groups is 2. The number of rotatable bonds is 3. The molecule has 0 bridgehead atoms. The highest BCUT2D eigenvalue weighted by Gasteiger charge is 2.22. The molecule has 1 aliphatic rings. The molecule has 9 nitrogen and oxygen atoms in total. The second kappa shape index (κ2) is 6.96. The van der Waals surface area contributed by atoms with Gasteiger partial charge in [-0.3, -0.25) is 9.48 Å². The Morgan fingerprint density at radius 2 is 2.12 bits per heavy atom. The standard InChI is InChI=1S/C16H22N6O3/c1-11-7-14(25-19-11)15(23)17-9-12-8-13-10-21(16(24)20(2)3)5-4-6-22(13)18-12/h7-8H,4-6,9-10H2,1-3H3,(H,17,23). The summed E-state index contributed by atoms with van der Waals surface area (Å²) in [5.41, 5.74) is 2.37. The van der Waals surface area contributed by atoms with Gasteiger partial charge in [-0.2, -0.15) is 5.10 Å². The summed E-state index contributed by atoms with van der Waals surface area (Å²) in [6, 6.07) is 3.50. The molecule has 0 fully saturated rings. The second-order valence-corrected chi connectivity index (χ2v) is 6.32. The van der Waals surface area contributed by atoms with Crippen molar-refractivity contribution in [2.45, 2.75) is 33.0 Å². The number of fused-ring (bicyclic) bond motifs is 1. The van der Waals surface area contributed by atoms with E-state index in [1.165, 1.54) is 0 Å². The van der Waals surface area contributed by atoms with E-state index in [2.05, 4.69) is 15.6 Å². The summed E-state index contributed by atoms with van der Waals surface area (Å²) >= 11 is 0. The molecule has 0 saturated heterocycles. The highest BCUT2D eigenvalue weighted by Crippen LogP contribution is 2.15. The minimum atomic E-state index is -0.326. The van der Waals surface area contributed by atoms with Crippen molar-refractivity contribution in [3.05, 3.63) is 35.0 Å². The summed E-state index contributed by atoms with van der Waals surface area (Å²) in [5, 5.41) is 11.0. The van der Waals surface area contributed by atoms with Crippen molar-refractivity contribution in [2.75, 3.05) is 20.6 Å². The maximum absolute atomic E-state index is 12.2. The topological polar surface area (TPSA) is 96.5 Å². The Balaban J connectivity index is 1.65. The highest BCUT2D eigenvalue weighted by molar-refractivity contribution is 5.91. The van der Waals surface area contributed by atoms with Crippen LogP contribution >= 0.6 is 0 Å². The van der Waals surface area contributed by atoms with Crippen molar-refractivity contribution in [2.24, 2.45) is 0 Å². The molecule has 0 aromatic carbocycles. The molecule has 2 aromatic rings. The Hall–Kier alpha value is -2.84. The van der Waals surface area contributed by atoms with E-state index >= 15 is 0 Å². The molecule has 9 heteroatoms. The molecule has 1 aliphatic heterocycles. The van der Waals surface area contributed by atoms with Crippen molar-refractivity contribution in [3.63, 3.8) is 0 Å².